The van der Waals surface area contributed by atoms with Gasteiger partial charge in [0.1, 0.15) is 0 Å². The molecule has 1 aliphatic carbocycles. The quantitative estimate of drug-likeness (QED) is 0.617. The summed E-state index contributed by atoms with van der Waals surface area (Å²) in [4.78, 5) is 0. The number of methoxy groups -OCH3 is 2. The van der Waals surface area contributed by atoms with Crippen LogP contribution >= 0.6 is 0 Å². The highest BCUT2D eigenvalue weighted by Crippen LogP contribution is 2.43. The maximum atomic E-state index is 8.71. The minimum absolute atomic E-state index is 0.221. The summed E-state index contributed by atoms with van der Waals surface area (Å²) in [7, 11) is 3.32. The minimum Gasteiger partial charge on any atom is -0.396 e. The first-order valence-electron chi connectivity index (χ1n) is 4.00. The lowest BCUT2D eigenvalue weighted by molar-refractivity contribution is -0.289. The van der Waals surface area contributed by atoms with Crippen LogP contribution in [0, 0.1) is 5.92 Å². The van der Waals surface area contributed by atoms with Crippen LogP contribution in [0.25, 0.3) is 0 Å². The predicted molar refractivity (Wildman–Crippen MR) is 41.2 cm³/mol. The summed E-state index contributed by atoms with van der Waals surface area (Å²) in [6.07, 6.45) is 2.83. The summed E-state index contributed by atoms with van der Waals surface area (Å²) in [6.45, 7) is 0.221. The molecule has 1 saturated carbocycles. The van der Waals surface area contributed by atoms with Crippen molar-refractivity contribution in [2.75, 3.05) is 20.8 Å². The van der Waals surface area contributed by atoms with Gasteiger partial charge in [-0.05, 0) is 12.8 Å². The molecule has 0 bridgehead atoms. The molecule has 0 saturated heterocycles. The van der Waals surface area contributed by atoms with Crippen LogP contribution in [-0.2, 0) is 9.47 Å². The molecule has 0 aromatic rings. The number of ether oxygens (including phenoxy) is 2. The van der Waals surface area contributed by atoms with E-state index < -0.39 is 0 Å². The lowest BCUT2D eigenvalue weighted by Gasteiger charge is -2.46. The van der Waals surface area contributed by atoms with E-state index >= 15 is 0 Å². The third-order valence-electron chi connectivity index (χ3n) is 2.63. The third-order valence-corrected chi connectivity index (χ3v) is 2.63. The topological polar surface area (TPSA) is 38.7 Å². The molecular formula is C8H16O3. The Kier molecular flexibility index (Phi) is 2.87. The van der Waals surface area contributed by atoms with E-state index in [9.17, 15) is 0 Å². The highest BCUT2D eigenvalue weighted by molar-refractivity contribution is 4.89. The molecule has 1 atom stereocenters. The van der Waals surface area contributed by atoms with Gasteiger partial charge in [-0.2, -0.15) is 0 Å². The lowest BCUT2D eigenvalue weighted by atomic mass is 9.76. The Morgan fingerprint density at radius 2 is 2.09 bits per heavy atom. The molecule has 0 amide bonds. The Morgan fingerprint density at radius 1 is 1.45 bits per heavy atom. The predicted octanol–water partition coefficient (Wildman–Crippen LogP) is 0.768. The van der Waals surface area contributed by atoms with E-state index in [1.54, 1.807) is 14.2 Å². The van der Waals surface area contributed by atoms with E-state index in [0.29, 0.717) is 5.92 Å². The van der Waals surface area contributed by atoms with Crippen molar-refractivity contribution in [1.29, 1.82) is 0 Å². The zero-order valence-corrected chi connectivity index (χ0v) is 7.17. The van der Waals surface area contributed by atoms with Gasteiger partial charge in [0.15, 0.2) is 5.79 Å². The van der Waals surface area contributed by atoms with Crippen molar-refractivity contribution in [3.05, 3.63) is 0 Å². The van der Waals surface area contributed by atoms with Gasteiger partial charge in [-0.15, -0.1) is 0 Å². The molecule has 1 fully saturated rings. The summed E-state index contributed by atoms with van der Waals surface area (Å²) in [5.41, 5.74) is 0. The summed E-state index contributed by atoms with van der Waals surface area (Å²) in [6, 6.07) is 0. The molecule has 1 rings (SSSR count). The fourth-order valence-corrected chi connectivity index (χ4v) is 1.73. The first-order chi connectivity index (χ1) is 5.29. The van der Waals surface area contributed by atoms with Crippen LogP contribution in [0.1, 0.15) is 19.3 Å². The van der Waals surface area contributed by atoms with Crippen LogP contribution in [0.2, 0.25) is 0 Å². The first kappa shape index (κ1) is 8.97. The van der Waals surface area contributed by atoms with E-state index in [4.69, 9.17) is 14.6 Å². The third kappa shape index (κ3) is 1.41. The van der Waals surface area contributed by atoms with Crippen molar-refractivity contribution in [2.45, 2.75) is 25.0 Å². The number of rotatable bonds is 4. The molecule has 0 radical (unpaired) electrons. The maximum Gasteiger partial charge on any atom is 0.170 e. The average molecular weight is 160 g/mol. The van der Waals surface area contributed by atoms with Gasteiger partial charge in [0, 0.05) is 33.2 Å². The monoisotopic (exact) mass is 160 g/mol. The second-order valence-corrected chi connectivity index (χ2v) is 2.97. The van der Waals surface area contributed by atoms with Crippen LogP contribution < -0.4 is 0 Å². The second kappa shape index (κ2) is 3.52. The van der Waals surface area contributed by atoms with Crippen LogP contribution in [-0.4, -0.2) is 31.7 Å². The molecule has 0 aliphatic heterocycles. The largest absolute Gasteiger partial charge is 0.396 e. The summed E-state index contributed by atoms with van der Waals surface area (Å²) in [5.74, 6) is -0.00887. The second-order valence-electron chi connectivity index (χ2n) is 2.97. The zero-order valence-electron chi connectivity index (χ0n) is 7.17. The van der Waals surface area contributed by atoms with Gasteiger partial charge in [-0.1, -0.05) is 0 Å². The molecule has 3 nitrogen and oxygen atoms in total. The van der Waals surface area contributed by atoms with Crippen molar-refractivity contribution < 1.29 is 14.6 Å². The maximum absolute atomic E-state index is 8.71. The zero-order chi connectivity index (χ0) is 8.32. The Hall–Kier alpha value is -0.120. The molecule has 11 heavy (non-hydrogen) atoms. The van der Waals surface area contributed by atoms with Crippen LogP contribution in [0.15, 0.2) is 0 Å². The molecule has 0 aromatic heterocycles. The average Bonchev–Trinajstić information content (AvgIpc) is 2.01. The molecule has 1 unspecified atom stereocenters. The highest BCUT2D eigenvalue weighted by Gasteiger charge is 2.47. The molecule has 0 aromatic carbocycles. The van der Waals surface area contributed by atoms with Gasteiger partial charge in [-0.3, -0.25) is 0 Å². The van der Waals surface area contributed by atoms with E-state index in [1.807, 2.05) is 0 Å². The van der Waals surface area contributed by atoms with E-state index in [1.165, 1.54) is 0 Å². The number of aliphatic hydroxyl groups excluding tert-OH is 1. The molecule has 1 N–H and O–H groups in total. The standard InChI is InChI=1S/C8H16O3/c1-10-8(11-2)5-3-7(8)4-6-9/h7,9H,3-6H2,1-2H3. The minimum atomic E-state index is -0.386. The summed E-state index contributed by atoms with van der Waals surface area (Å²) < 4.78 is 10.5. The Morgan fingerprint density at radius 3 is 2.36 bits per heavy atom. The van der Waals surface area contributed by atoms with E-state index in [0.717, 1.165) is 19.3 Å². The van der Waals surface area contributed by atoms with Gasteiger partial charge in [0.05, 0.1) is 0 Å². The van der Waals surface area contributed by atoms with Crippen molar-refractivity contribution in [3.8, 4) is 0 Å². The van der Waals surface area contributed by atoms with E-state index in [2.05, 4.69) is 0 Å². The number of aliphatic hydroxyl groups is 1. The fourth-order valence-electron chi connectivity index (χ4n) is 1.73. The van der Waals surface area contributed by atoms with Crippen molar-refractivity contribution in [3.63, 3.8) is 0 Å². The van der Waals surface area contributed by atoms with Gasteiger partial charge in [-0.25, -0.2) is 0 Å². The van der Waals surface area contributed by atoms with Crippen LogP contribution in [0.5, 0.6) is 0 Å². The van der Waals surface area contributed by atoms with Crippen molar-refractivity contribution in [1.82, 2.24) is 0 Å². The molecular weight excluding hydrogens is 144 g/mol. The van der Waals surface area contributed by atoms with Crippen LogP contribution in [0.3, 0.4) is 0 Å². The van der Waals surface area contributed by atoms with E-state index in [-0.39, 0.29) is 12.4 Å². The Labute approximate surface area is 67.3 Å². The van der Waals surface area contributed by atoms with Gasteiger partial charge < -0.3 is 14.6 Å². The molecule has 3 heteroatoms. The first-order valence-corrected chi connectivity index (χ1v) is 4.00. The number of hydrogen-bond acceptors (Lipinski definition) is 3. The molecule has 0 heterocycles. The molecule has 1 aliphatic rings. The summed E-state index contributed by atoms with van der Waals surface area (Å²) in [5, 5.41) is 8.71. The molecule has 0 spiro atoms. The molecule has 66 valence electrons. The lowest BCUT2D eigenvalue weighted by Crippen LogP contribution is -2.50. The van der Waals surface area contributed by atoms with Gasteiger partial charge in [0.2, 0.25) is 0 Å². The Balaban J connectivity index is 2.43. The van der Waals surface area contributed by atoms with Crippen LogP contribution in [0.4, 0.5) is 0 Å². The van der Waals surface area contributed by atoms with Gasteiger partial charge in [0.25, 0.3) is 0 Å². The SMILES string of the molecule is COC1(OC)CCC1CCO. The van der Waals surface area contributed by atoms with Gasteiger partial charge >= 0.3 is 0 Å². The smallest absolute Gasteiger partial charge is 0.170 e. The fraction of sp³-hybridized carbons (Fsp3) is 1.00. The number of hydrogen-bond donors (Lipinski definition) is 1. The van der Waals surface area contributed by atoms with Crippen molar-refractivity contribution >= 4 is 0 Å². The summed E-state index contributed by atoms with van der Waals surface area (Å²) >= 11 is 0. The normalized spacial score (nSPS) is 28.1. The Bertz CT molecular complexity index is 115. The van der Waals surface area contributed by atoms with Crippen molar-refractivity contribution in [2.24, 2.45) is 5.92 Å². The highest BCUT2D eigenvalue weighted by atomic mass is 16.7.